The first-order valence-corrected chi connectivity index (χ1v) is 7.01. The fourth-order valence-electron chi connectivity index (χ4n) is 1.93. The first kappa shape index (κ1) is 14.7. The van der Waals surface area contributed by atoms with Crippen LogP contribution in [-0.4, -0.2) is 13.1 Å². The number of hydrogen-bond donors (Lipinski definition) is 1. The molecular formula is C15H16BrNO3. The van der Waals surface area contributed by atoms with Crippen molar-refractivity contribution in [1.29, 1.82) is 0 Å². The normalized spacial score (nSPS) is 12.0. The molecule has 1 heterocycles. The van der Waals surface area contributed by atoms with Gasteiger partial charge in [0.2, 0.25) is 0 Å². The van der Waals surface area contributed by atoms with Crippen LogP contribution < -0.4 is 5.32 Å². The lowest BCUT2D eigenvalue weighted by molar-refractivity contribution is 0.0601. The van der Waals surface area contributed by atoms with Gasteiger partial charge in [0.25, 0.3) is 0 Å². The molecule has 4 nitrogen and oxygen atoms in total. The molecule has 5 heteroatoms. The van der Waals surface area contributed by atoms with E-state index in [0.29, 0.717) is 10.2 Å². The van der Waals surface area contributed by atoms with Gasteiger partial charge in [0, 0.05) is 5.69 Å². The van der Waals surface area contributed by atoms with E-state index in [1.807, 2.05) is 38.1 Å². The third kappa shape index (κ3) is 3.22. The van der Waals surface area contributed by atoms with Crippen molar-refractivity contribution in [2.24, 2.45) is 0 Å². The lowest BCUT2D eigenvalue weighted by Gasteiger charge is -2.16. The van der Waals surface area contributed by atoms with Crippen LogP contribution >= 0.6 is 15.9 Å². The number of nitrogens with one attached hydrogen (secondary N) is 1. The molecule has 20 heavy (non-hydrogen) atoms. The van der Waals surface area contributed by atoms with Crippen LogP contribution in [0.25, 0.3) is 0 Å². The summed E-state index contributed by atoms with van der Waals surface area (Å²) in [5.74, 6) is 0.428. The molecule has 1 aromatic carbocycles. The van der Waals surface area contributed by atoms with Crippen molar-refractivity contribution in [2.75, 3.05) is 12.4 Å². The molecule has 1 atom stereocenters. The summed E-state index contributed by atoms with van der Waals surface area (Å²) in [6.45, 7) is 3.90. The Balaban J connectivity index is 2.26. The van der Waals surface area contributed by atoms with Gasteiger partial charge in [-0.05, 0) is 54.0 Å². The monoisotopic (exact) mass is 337 g/mol. The number of methoxy groups -OCH3 is 1. The predicted molar refractivity (Wildman–Crippen MR) is 81.0 cm³/mol. The first-order valence-electron chi connectivity index (χ1n) is 6.22. The minimum Gasteiger partial charge on any atom is -0.465 e. The molecule has 0 amide bonds. The van der Waals surface area contributed by atoms with Crippen molar-refractivity contribution < 1.29 is 13.9 Å². The average molecular weight is 338 g/mol. The molecule has 0 bridgehead atoms. The van der Waals surface area contributed by atoms with Gasteiger partial charge < -0.3 is 14.5 Å². The summed E-state index contributed by atoms with van der Waals surface area (Å²) in [7, 11) is 1.38. The summed E-state index contributed by atoms with van der Waals surface area (Å²) >= 11 is 3.28. The summed E-state index contributed by atoms with van der Waals surface area (Å²) in [5.41, 5.74) is 2.25. The van der Waals surface area contributed by atoms with Crippen molar-refractivity contribution in [3.05, 3.63) is 51.9 Å². The zero-order valence-electron chi connectivity index (χ0n) is 11.6. The molecule has 0 fully saturated rings. The van der Waals surface area contributed by atoms with E-state index >= 15 is 0 Å². The van der Waals surface area contributed by atoms with Gasteiger partial charge in [0.15, 0.2) is 4.67 Å². The second kappa shape index (κ2) is 6.13. The maximum Gasteiger partial charge on any atom is 0.339 e. The molecule has 0 aliphatic rings. The number of hydrogen-bond acceptors (Lipinski definition) is 4. The summed E-state index contributed by atoms with van der Waals surface area (Å²) < 4.78 is 11.0. The summed E-state index contributed by atoms with van der Waals surface area (Å²) in [5, 5.41) is 3.27. The standard InChI is InChI=1S/C15H16BrNO3/c1-9-4-5-12(11(8-9)15(18)19-3)17-10(2)13-6-7-14(16)20-13/h4-8,10,17H,1-3H3. The van der Waals surface area contributed by atoms with Crippen molar-refractivity contribution >= 4 is 27.6 Å². The highest BCUT2D eigenvalue weighted by Gasteiger charge is 2.16. The SMILES string of the molecule is COC(=O)c1cc(C)ccc1NC(C)c1ccc(Br)o1. The number of furan rings is 1. The van der Waals surface area contributed by atoms with E-state index in [-0.39, 0.29) is 12.0 Å². The van der Waals surface area contributed by atoms with Crippen molar-refractivity contribution in [2.45, 2.75) is 19.9 Å². The number of esters is 1. The second-order valence-corrected chi connectivity index (χ2v) is 5.33. The van der Waals surface area contributed by atoms with Gasteiger partial charge in [-0.15, -0.1) is 0 Å². The van der Waals surface area contributed by atoms with Crippen molar-refractivity contribution in [3.63, 3.8) is 0 Å². The largest absolute Gasteiger partial charge is 0.465 e. The van der Waals surface area contributed by atoms with E-state index < -0.39 is 0 Å². The smallest absolute Gasteiger partial charge is 0.339 e. The van der Waals surface area contributed by atoms with Gasteiger partial charge >= 0.3 is 5.97 Å². The Morgan fingerprint density at radius 3 is 2.70 bits per heavy atom. The fourth-order valence-corrected chi connectivity index (χ4v) is 2.25. The molecule has 0 saturated carbocycles. The molecule has 0 aliphatic heterocycles. The van der Waals surface area contributed by atoms with Crippen LogP contribution in [0.3, 0.4) is 0 Å². The summed E-state index contributed by atoms with van der Waals surface area (Å²) in [6.07, 6.45) is 0. The van der Waals surface area contributed by atoms with Crippen LogP contribution in [0.1, 0.15) is 34.6 Å². The third-order valence-corrected chi connectivity index (χ3v) is 3.40. The zero-order chi connectivity index (χ0) is 14.7. The Hall–Kier alpha value is -1.75. The van der Waals surface area contributed by atoms with Crippen LogP contribution in [0, 0.1) is 6.92 Å². The lowest BCUT2D eigenvalue weighted by Crippen LogP contribution is -2.11. The van der Waals surface area contributed by atoms with E-state index in [0.717, 1.165) is 17.0 Å². The van der Waals surface area contributed by atoms with Gasteiger partial charge in [-0.3, -0.25) is 0 Å². The Bertz CT molecular complexity index is 621. The highest BCUT2D eigenvalue weighted by Crippen LogP contribution is 2.26. The number of carbonyl (C=O) groups is 1. The van der Waals surface area contributed by atoms with Crippen LogP contribution in [0.2, 0.25) is 0 Å². The van der Waals surface area contributed by atoms with Gasteiger partial charge in [0.05, 0.1) is 18.7 Å². The predicted octanol–water partition coefficient (Wildman–Crippen LogP) is 4.31. The second-order valence-electron chi connectivity index (χ2n) is 4.55. The number of ether oxygens (including phenoxy) is 1. The number of benzene rings is 1. The average Bonchev–Trinajstić information content (AvgIpc) is 2.86. The number of anilines is 1. The Labute approximate surface area is 126 Å². The lowest BCUT2D eigenvalue weighted by atomic mass is 10.1. The maximum atomic E-state index is 11.8. The number of rotatable bonds is 4. The molecule has 1 N–H and O–H groups in total. The van der Waals surface area contributed by atoms with Gasteiger partial charge in [-0.2, -0.15) is 0 Å². The van der Waals surface area contributed by atoms with Gasteiger partial charge in [0.1, 0.15) is 5.76 Å². The molecule has 0 radical (unpaired) electrons. The van der Waals surface area contributed by atoms with E-state index in [1.54, 1.807) is 6.07 Å². The number of halogens is 1. The molecule has 1 unspecified atom stereocenters. The number of carbonyl (C=O) groups excluding carboxylic acids is 1. The molecule has 106 valence electrons. The van der Waals surface area contributed by atoms with E-state index in [4.69, 9.17) is 9.15 Å². The van der Waals surface area contributed by atoms with Crippen LogP contribution in [0.5, 0.6) is 0 Å². The van der Waals surface area contributed by atoms with Crippen molar-refractivity contribution in [1.82, 2.24) is 0 Å². The Morgan fingerprint density at radius 2 is 2.10 bits per heavy atom. The van der Waals surface area contributed by atoms with Crippen molar-refractivity contribution in [3.8, 4) is 0 Å². The highest BCUT2D eigenvalue weighted by molar-refractivity contribution is 9.10. The first-order chi connectivity index (χ1) is 9.51. The highest BCUT2D eigenvalue weighted by atomic mass is 79.9. The topological polar surface area (TPSA) is 51.5 Å². The zero-order valence-corrected chi connectivity index (χ0v) is 13.2. The molecule has 0 spiro atoms. The van der Waals surface area contributed by atoms with Crippen LogP contribution in [-0.2, 0) is 4.74 Å². The molecule has 2 rings (SSSR count). The van der Waals surface area contributed by atoms with E-state index in [1.165, 1.54) is 7.11 Å². The van der Waals surface area contributed by atoms with Crippen LogP contribution in [0.15, 0.2) is 39.4 Å². The quantitative estimate of drug-likeness (QED) is 0.844. The van der Waals surface area contributed by atoms with E-state index in [2.05, 4.69) is 21.2 Å². The van der Waals surface area contributed by atoms with E-state index in [9.17, 15) is 4.79 Å². The maximum absolute atomic E-state index is 11.8. The molecule has 0 aliphatic carbocycles. The molecule has 0 saturated heterocycles. The molecule has 1 aromatic heterocycles. The Morgan fingerprint density at radius 1 is 1.35 bits per heavy atom. The van der Waals surface area contributed by atoms with Crippen LogP contribution in [0.4, 0.5) is 5.69 Å². The Kier molecular flexibility index (Phi) is 4.49. The van der Waals surface area contributed by atoms with Gasteiger partial charge in [-0.25, -0.2) is 4.79 Å². The molecular weight excluding hydrogens is 322 g/mol. The minimum atomic E-state index is -0.357. The fraction of sp³-hybridized carbons (Fsp3) is 0.267. The van der Waals surface area contributed by atoms with Gasteiger partial charge in [-0.1, -0.05) is 11.6 Å². The minimum absolute atomic E-state index is 0.0626. The third-order valence-electron chi connectivity index (χ3n) is 2.97. The molecule has 2 aromatic rings. The number of aryl methyl sites for hydroxylation is 1. The summed E-state index contributed by atoms with van der Waals surface area (Å²) in [6, 6.07) is 9.28. The summed E-state index contributed by atoms with van der Waals surface area (Å²) in [4.78, 5) is 11.8.